The second-order valence-corrected chi connectivity index (χ2v) is 30.5. The van der Waals surface area contributed by atoms with E-state index in [0.717, 1.165) is 0 Å². The highest BCUT2D eigenvalue weighted by molar-refractivity contribution is 7.20. The molecule has 0 amide bonds. The Hall–Kier alpha value is -10.1. The van der Waals surface area contributed by atoms with E-state index in [1.165, 1.54) is 130 Å². The number of nitrogens with zero attached hydrogens (tertiary/aromatic N) is 2. The predicted molar refractivity (Wildman–Crippen MR) is 357 cm³/mol. The normalized spacial score (nSPS) is 14.4. The third-order valence-electron chi connectivity index (χ3n) is 19.0. The molecule has 18 rings (SSSR count). The molecule has 394 valence electrons. The Kier molecular flexibility index (Phi) is 11.1. The standard InChI is InChI=1S/C80H56N2Si2/c1-7-29-57(30-8-1)83(58-31-9-2-10-32-58,59-33-11-3-12-34-59)63-41-25-27-55(53-63)81-71-47-23-21-45-67(71)76-73(81)51-49-69-75-65-43-19-20-44-66(65)78(79(69)76)80-70(75)50-52-74-77(80)68-46-22-24-48-72(68)82(74)56-28-26-42-64(54-56)84(60-35-13-4-14-36-60,61-37-15-5-16-38-61)62-39-17-6-18-40-62/h1-54,75,78H. The Labute approximate surface area is 491 Å². The number of benzene rings is 13. The summed E-state index contributed by atoms with van der Waals surface area (Å²) in [5.74, 6) is 0.0627. The zero-order chi connectivity index (χ0) is 55.3. The van der Waals surface area contributed by atoms with Crippen LogP contribution in [0.3, 0.4) is 0 Å². The van der Waals surface area contributed by atoms with E-state index >= 15 is 0 Å². The van der Waals surface area contributed by atoms with Crippen LogP contribution in [0.5, 0.6) is 0 Å². The first-order chi connectivity index (χ1) is 41.7. The summed E-state index contributed by atoms with van der Waals surface area (Å²) < 4.78 is 5.15. The molecular weight excluding hydrogens is 1050 g/mol. The van der Waals surface area contributed by atoms with Crippen LogP contribution in [0, 0.1) is 0 Å². The Morgan fingerprint density at radius 1 is 0.214 bits per heavy atom. The number of para-hydroxylation sites is 2. The summed E-state index contributed by atoms with van der Waals surface area (Å²) >= 11 is 0. The van der Waals surface area contributed by atoms with Gasteiger partial charge in [0.05, 0.1) is 22.1 Å². The van der Waals surface area contributed by atoms with Gasteiger partial charge < -0.3 is 9.13 Å². The van der Waals surface area contributed by atoms with Gasteiger partial charge >= 0.3 is 0 Å². The van der Waals surface area contributed by atoms with E-state index in [0.29, 0.717) is 0 Å². The second kappa shape index (κ2) is 19.3. The van der Waals surface area contributed by atoms with Crippen molar-refractivity contribution in [2.24, 2.45) is 0 Å². The molecular formula is C80H56N2Si2. The molecule has 0 saturated heterocycles. The summed E-state index contributed by atoms with van der Waals surface area (Å²) in [6, 6.07) is 125. The first-order valence-corrected chi connectivity index (χ1v) is 33.5. The van der Waals surface area contributed by atoms with Crippen LogP contribution in [0.4, 0.5) is 0 Å². The van der Waals surface area contributed by atoms with E-state index in [-0.39, 0.29) is 11.8 Å². The maximum atomic E-state index is 2.58. The van der Waals surface area contributed by atoms with Crippen molar-refractivity contribution in [1.82, 2.24) is 9.13 Å². The summed E-state index contributed by atoms with van der Waals surface area (Å²) in [6.07, 6.45) is 0. The minimum atomic E-state index is -2.84. The lowest BCUT2D eigenvalue weighted by atomic mass is 9.59. The van der Waals surface area contributed by atoms with Crippen LogP contribution in [-0.4, -0.2) is 25.3 Å². The smallest absolute Gasteiger partial charge is 0.179 e. The predicted octanol–water partition coefficient (Wildman–Crippen LogP) is 13.6. The number of hydrogen-bond acceptors (Lipinski definition) is 0. The largest absolute Gasteiger partial charge is 0.309 e. The molecule has 4 heteroatoms. The van der Waals surface area contributed by atoms with Gasteiger partial charge in [-0.1, -0.05) is 279 Å². The van der Waals surface area contributed by atoms with Gasteiger partial charge in [0.25, 0.3) is 0 Å². The van der Waals surface area contributed by atoms with Crippen molar-refractivity contribution in [2.75, 3.05) is 0 Å². The monoisotopic (exact) mass is 1100 g/mol. The average molecular weight is 1100 g/mol. The van der Waals surface area contributed by atoms with E-state index < -0.39 is 16.1 Å². The number of fused-ring (bicyclic) bond motifs is 6. The maximum absolute atomic E-state index is 2.84. The minimum Gasteiger partial charge on any atom is -0.309 e. The third-order valence-corrected chi connectivity index (χ3v) is 28.5. The Morgan fingerprint density at radius 3 is 0.869 bits per heavy atom. The molecule has 13 aromatic carbocycles. The second-order valence-electron chi connectivity index (χ2n) is 22.9. The van der Waals surface area contributed by atoms with Gasteiger partial charge in [-0.25, -0.2) is 0 Å². The van der Waals surface area contributed by atoms with Crippen LogP contribution >= 0.6 is 0 Å². The van der Waals surface area contributed by atoms with Crippen molar-refractivity contribution in [3.8, 4) is 11.4 Å². The van der Waals surface area contributed by atoms with Crippen molar-refractivity contribution in [2.45, 2.75) is 11.8 Å². The van der Waals surface area contributed by atoms with Crippen molar-refractivity contribution >= 4 is 101 Å². The Bertz CT molecular complexity index is 4530. The first-order valence-electron chi connectivity index (χ1n) is 29.5. The highest BCUT2D eigenvalue weighted by atomic mass is 28.3. The number of rotatable bonds is 10. The van der Waals surface area contributed by atoms with Crippen molar-refractivity contribution in [3.63, 3.8) is 0 Å². The van der Waals surface area contributed by atoms with Gasteiger partial charge in [-0.2, -0.15) is 0 Å². The minimum absolute atomic E-state index is 0.0108. The summed E-state index contributed by atoms with van der Waals surface area (Å²) in [7, 11) is -5.67. The third kappa shape index (κ3) is 6.90. The molecule has 2 bridgehead atoms. The SMILES string of the molecule is c1ccc([Si](c2ccccc2)(c2ccccc2)c2cccc(-n3c4ccccc4c4c5c(ccc43)C3c4ccccc4C5c4c3ccc3c4c4ccccc4n3-c3cccc([Si](c4ccccc4)(c4ccccc4)c4ccccc4)c3)c2)cc1. The molecule has 2 nitrogen and oxygen atoms in total. The van der Waals surface area contributed by atoms with Crippen LogP contribution in [0.2, 0.25) is 0 Å². The summed E-state index contributed by atoms with van der Waals surface area (Å²) in [5.41, 5.74) is 15.8. The van der Waals surface area contributed by atoms with Crippen molar-refractivity contribution in [1.29, 1.82) is 0 Å². The molecule has 0 fully saturated rings. The van der Waals surface area contributed by atoms with Crippen molar-refractivity contribution in [3.05, 3.63) is 361 Å². The molecule has 2 heterocycles. The highest BCUT2D eigenvalue weighted by Gasteiger charge is 2.46. The van der Waals surface area contributed by atoms with E-state index in [1.54, 1.807) is 0 Å². The molecule has 3 aliphatic carbocycles. The van der Waals surface area contributed by atoms with E-state index in [4.69, 9.17) is 0 Å². The van der Waals surface area contributed by atoms with Crippen molar-refractivity contribution < 1.29 is 0 Å². The summed E-state index contributed by atoms with van der Waals surface area (Å²) in [4.78, 5) is 0. The summed E-state index contributed by atoms with van der Waals surface area (Å²) in [5, 5.41) is 16.2. The fourth-order valence-electron chi connectivity index (χ4n) is 15.8. The molecule has 15 aromatic rings. The lowest BCUT2D eigenvalue weighted by molar-refractivity contribution is 0.768. The number of aromatic nitrogens is 2. The van der Waals surface area contributed by atoms with Gasteiger partial charge in [0.15, 0.2) is 16.1 Å². The van der Waals surface area contributed by atoms with Crippen LogP contribution in [0.25, 0.3) is 55.0 Å². The molecule has 0 atom stereocenters. The van der Waals surface area contributed by atoms with Gasteiger partial charge in [-0.3, -0.25) is 0 Å². The van der Waals surface area contributed by atoms with Crippen LogP contribution in [-0.2, 0) is 0 Å². The fourth-order valence-corrected chi connectivity index (χ4v) is 25.3. The Morgan fingerprint density at radius 2 is 0.512 bits per heavy atom. The van der Waals surface area contributed by atoms with Gasteiger partial charge in [-0.05, 0) is 123 Å². The molecule has 2 aromatic heterocycles. The molecule has 0 aliphatic heterocycles. The Balaban J connectivity index is 0.902. The topological polar surface area (TPSA) is 9.86 Å². The molecule has 0 radical (unpaired) electrons. The van der Waals surface area contributed by atoms with E-state index in [1.807, 2.05) is 0 Å². The van der Waals surface area contributed by atoms with Gasteiger partial charge in [-0.15, -0.1) is 0 Å². The molecule has 3 aliphatic rings. The summed E-state index contributed by atoms with van der Waals surface area (Å²) in [6.45, 7) is 0. The van der Waals surface area contributed by atoms with E-state index in [9.17, 15) is 0 Å². The van der Waals surface area contributed by atoms with Crippen LogP contribution < -0.4 is 41.5 Å². The van der Waals surface area contributed by atoms with Gasteiger partial charge in [0.2, 0.25) is 0 Å². The van der Waals surface area contributed by atoms with Crippen LogP contribution in [0.1, 0.15) is 45.2 Å². The average Bonchev–Trinajstić information content (AvgIpc) is 1.37. The van der Waals surface area contributed by atoms with E-state index in [2.05, 4.69) is 337 Å². The zero-order valence-corrected chi connectivity index (χ0v) is 48.2. The lowest BCUT2D eigenvalue weighted by Crippen LogP contribution is -2.74. The van der Waals surface area contributed by atoms with Gasteiger partial charge in [0.1, 0.15) is 0 Å². The van der Waals surface area contributed by atoms with Crippen LogP contribution in [0.15, 0.2) is 328 Å². The molecule has 0 spiro atoms. The quantitative estimate of drug-likeness (QED) is 0.0954. The van der Waals surface area contributed by atoms with Gasteiger partial charge in [0, 0.05) is 44.8 Å². The highest BCUT2D eigenvalue weighted by Crippen LogP contribution is 2.60. The zero-order valence-electron chi connectivity index (χ0n) is 46.2. The maximum Gasteiger partial charge on any atom is 0.179 e. The first kappa shape index (κ1) is 48.6. The number of hydrogen-bond donors (Lipinski definition) is 0. The molecule has 84 heavy (non-hydrogen) atoms. The molecule has 0 saturated carbocycles. The molecule has 0 unspecified atom stereocenters. The lowest BCUT2D eigenvalue weighted by Gasteiger charge is -2.43. The molecule has 0 N–H and O–H groups in total. The fraction of sp³-hybridized carbons (Fsp3) is 0.0250.